The third-order valence-electron chi connectivity index (χ3n) is 9.11. The van der Waals surface area contributed by atoms with Gasteiger partial charge in [-0.1, -0.05) is 0 Å². The number of nitrogens with zero attached hydrogens (tertiary/aromatic N) is 2. The van der Waals surface area contributed by atoms with Gasteiger partial charge in [0.15, 0.2) is 0 Å². The molecule has 17 heteroatoms. The van der Waals surface area contributed by atoms with Crippen LogP contribution in [-0.2, 0) is 43.4 Å². The van der Waals surface area contributed by atoms with Gasteiger partial charge < -0.3 is 4.55 Å². The van der Waals surface area contributed by atoms with Crippen LogP contribution in [0.2, 0.25) is 0 Å². The van der Waals surface area contributed by atoms with Gasteiger partial charge in [-0.3, -0.25) is 0 Å². The summed E-state index contributed by atoms with van der Waals surface area (Å²) in [6.45, 7) is 5.62. The molecule has 4 aromatic rings. The van der Waals surface area contributed by atoms with Crippen LogP contribution in [0.4, 0.5) is 5.69 Å². The van der Waals surface area contributed by atoms with Gasteiger partial charge in [0.05, 0.1) is 0 Å². The number of allylic oxidation sites excluding steroid dienone is 5. The summed E-state index contributed by atoms with van der Waals surface area (Å²) in [5.41, 5.74) is 5.70. The summed E-state index contributed by atoms with van der Waals surface area (Å²) in [5, 5.41) is 0. The van der Waals surface area contributed by atoms with Gasteiger partial charge in [-0.05, 0) is 6.07 Å². The first-order chi connectivity index (χ1) is 24.9. The SMILES string of the molecule is CCN(Cc1ccc[c]([Na])c1S(=O)(=O)O)c1ccc(C(=C2C=CC(=[N+](CC)Cc3cccc(S(=O)(=O)[O-])c3)C=C2)c2cccc(S(=O)(=O)O)[c]2[Na])cc1.[Al]. The van der Waals surface area contributed by atoms with Crippen molar-refractivity contribution in [1.29, 1.82) is 0 Å². The van der Waals surface area contributed by atoms with E-state index in [1.165, 1.54) is 24.3 Å². The molecule has 0 heterocycles. The van der Waals surface area contributed by atoms with Gasteiger partial charge in [0.2, 0.25) is 0 Å². The largest absolute Gasteiger partial charge is 0 e. The van der Waals surface area contributed by atoms with Crippen molar-refractivity contribution in [3.63, 3.8) is 0 Å². The van der Waals surface area contributed by atoms with E-state index >= 15 is 0 Å². The van der Waals surface area contributed by atoms with Crippen LogP contribution < -0.4 is 10.5 Å². The van der Waals surface area contributed by atoms with Gasteiger partial charge in [-0.25, -0.2) is 8.42 Å². The van der Waals surface area contributed by atoms with E-state index in [-0.39, 0.29) is 38.6 Å². The second-order valence-electron chi connectivity index (χ2n) is 12.5. The summed E-state index contributed by atoms with van der Waals surface area (Å²) >= 11 is 0.744. The Balaban J connectivity index is 0.00000650. The second kappa shape index (κ2) is 18.4. The van der Waals surface area contributed by atoms with E-state index in [9.17, 15) is 38.9 Å². The Kier molecular flexibility index (Phi) is 15.2. The topological polar surface area (TPSA) is 172 Å². The number of anilines is 1. The molecule has 11 nitrogen and oxygen atoms in total. The van der Waals surface area contributed by atoms with Gasteiger partial charge >= 0.3 is 320 Å². The first-order valence-corrected chi connectivity index (χ1v) is 23.0. The molecule has 0 aromatic heterocycles. The van der Waals surface area contributed by atoms with Crippen LogP contribution in [0.15, 0.2) is 129 Å². The zero-order chi connectivity index (χ0) is 38.7. The third kappa shape index (κ3) is 10.6. The van der Waals surface area contributed by atoms with E-state index in [0.717, 1.165) is 28.1 Å². The van der Waals surface area contributed by atoms with Crippen LogP contribution in [-0.4, -0.2) is 136 Å². The predicted molar refractivity (Wildman–Crippen MR) is 210 cm³/mol. The van der Waals surface area contributed by atoms with Gasteiger partial charge in [-0.15, -0.1) is 0 Å². The monoisotopic (exact) mass is 819 g/mol. The summed E-state index contributed by atoms with van der Waals surface area (Å²) in [4.78, 5) is 1.49. The fraction of sp³-hybridized carbons (Fsp3) is 0.162. The molecule has 2 N–H and O–H groups in total. The molecule has 269 valence electrons. The number of benzene rings is 4. The van der Waals surface area contributed by atoms with Crippen molar-refractivity contribution >= 4 is 126 Å². The number of hydrogen-bond donors (Lipinski definition) is 2. The van der Waals surface area contributed by atoms with Crippen molar-refractivity contribution in [3.05, 3.63) is 137 Å². The Morgan fingerprint density at radius 2 is 1.43 bits per heavy atom. The van der Waals surface area contributed by atoms with Gasteiger partial charge in [0, 0.05) is 17.4 Å². The summed E-state index contributed by atoms with van der Waals surface area (Å²) in [6.07, 6.45) is 7.66. The summed E-state index contributed by atoms with van der Waals surface area (Å²) in [5.74, 6) is 0. The summed E-state index contributed by atoms with van der Waals surface area (Å²) in [7, 11) is -13.5. The minimum atomic E-state index is -4.60. The predicted octanol–water partition coefficient (Wildman–Crippen LogP) is 2.92. The van der Waals surface area contributed by atoms with E-state index in [0.29, 0.717) is 97.8 Å². The van der Waals surface area contributed by atoms with Gasteiger partial charge in [0.1, 0.15) is 10.1 Å². The average molecular weight is 820 g/mol. The van der Waals surface area contributed by atoms with Crippen LogP contribution >= 0.6 is 0 Å². The molecule has 4 aromatic carbocycles. The Morgan fingerprint density at radius 1 is 0.796 bits per heavy atom. The minimum Gasteiger partial charge on any atom is 0 e. The molecule has 0 aliphatic heterocycles. The van der Waals surface area contributed by atoms with Crippen molar-refractivity contribution in [1.82, 2.24) is 0 Å². The average Bonchev–Trinajstić information content (AvgIpc) is 3.10. The molecule has 0 saturated heterocycles. The van der Waals surface area contributed by atoms with Crippen molar-refractivity contribution < 1.29 is 43.5 Å². The van der Waals surface area contributed by atoms with Crippen molar-refractivity contribution in [2.45, 2.75) is 41.6 Å². The minimum absolute atomic E-state index is 0. The fourth-order valence-electron chi connectivity index (χ4n) is 6.52. The quantitative estimate of drug-likeness (QED) is 0.123. The number of rotatable bonds is 12. The Labute approximate surface area is 362 Å². The molecule has 0 fully saturated rings. The normalized spacial score (nSPS) is 13.1. The maximum absolute atomic E-state index is 12.3. The van der Waals surface area contributed by atoms with Crippen molar-refractivity contribution in [3.8, 4) is 0 Å². The zero-order valence-corrected chi connectivity index (χ0v) is 37.8. The van der Waals surface area contributed by atoms with Crippen LogP contribution in [0.5, 0.6) is 0 Å². The summed E-state index contributed by atoms with van der Waals surface area (Å²) in [6, 6.07) is 23.5. The Morgan fingerprint density at radius 3 is 2.00 bits per heavy atom. The van der Waals surface area contributed by atoms with Crippen LogP contribution in [0, 0.1) is 0 Å². The summed E-state index contributed by atoms with van der Waals surface area (Å²) < 4.78 is 107. The molecule has 54 heavy (non-hydrogen) atoms. The number of hydrogen-bond acceptors (Lipinski definition) is 8. The first-order valence-electron chi connectivity index (χ1n) is 16.7. The second-order valence-corrected chi connectivity index (χ2v) is 18.7. The molecule has 3 radical (unpaired) electrons. The molecule has 0 unspecified atom stereocenters. The van der Waals surface area contributed by atoms with Gasteiger partial charge in [0.25, 0.3) is 0 Å². The molecule has 0 bridgehead atoms. The van der Waals surface area contributed by atoms with Crippen molar-refractivity contribution in [2.75, 3.05) is 18.0 Å². The van der Waals surface area contributed by atoms with Crippen molar-refractivity contribution in [2.24, 2.45) is 0 Å². The van der Waals surface area contributed by atoms with E-state index < -0.39 is 30.4 Å². The molecule has 0 saturated carbocycles. The molecule has 1 aliphatic rings. The smallest absolute Gasteiger partial charge is 0 e. The molecule has 0 amide bonds. The van der Waals surface area contributed by atoms with E-state index in [1.54, 1.807) is 30.3 Å². The van der Waals surface area contributed by atoms with Crippen LogP contribution in [0.3, 0.4) is 0 Å². The van der Waals surface area contributed by atoms with Crippen LogP contribution in [0.1, 0.15) is 36.1 Å². The maximum atomic E-state index is 12.3. The fourth-order valence-corrected chi connectivity index (χ4v) is 11.4. The van der Waals surface area contributed by atoms with E-state index in [1.807, 2.05) is 78.0 Å². The molecule has 0 atom stereocenters. The standard InChI is InChI=1S/C37H34N2O9S3.Al.2Na/c1-3-38(25-27-9-7-12-34(23-27)49(40,41)42)32-19-15-28(16-20-32)37(30-11-8-13-35(24-30)50(43,44)45)29-17-21-33(22-18-29)39(4-2)26-31-10-5-6-14-36(31)51(46,47)48;;;/h5-13,15-23H,3-4,25-26H2,1-2H3,(H2-,40,41,42,43,44,45,46,47,48);;;. The molecular formula is C37H34AlN2Na2O9S3. The van der Waals surface area contributed by atoms with E-state index in [4.69, 9.17) is 0 Å². The Bertz CT molecular complexity index is 2520. The molecule has 1 aliphatic carbocycles. The van der Waals surface area contributed by atoms with E-state index in [2.05, 4.69) is 0 Å². The van der Waals surface area contributed by atoms with Crippen LogP contribution in [0.25, 0.3) is 5.57 Å². The van der Waals surface area contributed by atoms with Gasteiger partial charge in [-0.2, -0.15) is 0 Å². The first kappa shape index (κ1) is 44.5. The third-order valence-corrected chi connectivity index (χ3v) is 14.7. The Hall–Kier alpha value is -2.17. The zero-order valence-electron chi connectivity index (χ0n) is 30.2. The molecular weight excluding hydrogens is 786 g/mol. The maximum Gasteiger partial charge on any atom is 0 e. The molecule has 0 spiro atoms. The molecule has 5 rings (SSSR count).